The molecule has 0 saturated carbocycles. The van der Waals surface area contributed by atoms with Gasteiger partial charge in [0.15, 0.2) is 11.5 Å². The van der Waals surface area contributed by atoms with Gasteiger partial charge < -0.3 is 13.9 Å². The molecule has 2 aromatic rings. The van der Waals surface area contributed by atoms with Gasteiger partial charge in [0.2, 0.25) is 0 Å². The number of allylic oxidation sites excluding steroid dienone is 1. The second-order valence-corrected chi connectivity index (χ2v) is 4.11. The molecule has 0 amide bonds. The monoisotopic (exact) mass is 246 g/mol. The molecule has 1 aromatic heterocycles. The fourth-order valence-electron chi connectivity index (χ4n) is 1.51. The number of fused-ring (bicyclic) bond motifs is 1. The third kappa shape index (κ3) is 2.53. The zero-order valence-corrected chi connectivity index (χ0v) is 10.5. The van der Waals surface area contributed by atoms with Crippen LogP contribution in [0, 0.1) is 0 Å². The molecule has 4 nitrogen and oxygen atoms in total. The first kappa shape index (κ1) is 12.2. The summed E-state index contributed by atoms with van der Waals surface area (Å²) in [5.74, 6) is 1.11. The van der Waals surface area contributed by atoms with Crippen molar-refractivity contribution in [2.45, 2.75) is 13.8 Å². The summed E-state index contributed by atoms with van der Waals surface area (Å²) in [6.45, 7) is 3.85. The fourth-order valence-corrected chi connectivity index (χ4v) is 1.51. The van der Waals surface area contributed by atoms with E-state index < -0.39 is 0 Å². The average Bonchev–Trinajstić information content (AvgIpc) is 2.35. The Labute approximate surface area is 104 Å². The Bertz CT molecular complexity index is 648. The zero-order valence-electron chi connectivity index (χ0n) is 10.5. The molecule has 0 fully saturated rings. The van der Waals surface area contributed by atoms with Crippen molar-refractivity contribution in [3.8, 4) is 11.5 Å². The van der Waals surface area contributed by atoms with Crippen LogP contribution >= 0.6 is 0 Å². The van der Waals surface area contributed by atoms with E-state index in [1.165, 1.54) is 6.07 Å². The van der Waals surface area contributed by atoms with Gasteiger partial charge in [0.25, 0.3) is 0 Å². The van der Waals surface area contributed by atoms with E-state index in [1.807, 2.05) is 13.8 Å². The summed E-state index contributed by atoms with van der Waals surface area (Å²) < 4.78 is 15.8. The van der Waals surface area contributed by atoms with Crippen LogP contribution in [0.3, 0.4) is 0 Å². The Morgan fingerprint density at radius 1 is 1.22 bits per heavy atom. The van der Waals surface area contributed by atoms with Gasteiger partial charge in [-0.1, -0.05) is 0 Å². The molecular weight excluding hydrogens is 232 g/mol. The van der Waals surface area contributed by atoms with Crippen molar-refractivity contribution in [2.75, 3.05) is 7.11 Å². The minimum Gasteiger partial charge on any atom is -0.493 e. The minimum atomic E-state index is -0.388. The molecule has 0 aliphatic heterocycles. The summed E-state index contributed by atoms with van der Waals surface area (Å²) >= 11 is 0. The van der Waals surface area contributed by atoms with E-state index in [-0.39, 0.29) is 5.63 Å². The van der Waals surface area contributed by atoms with Gasteiger partial charge in [-0.3, -0.25) is 0 Å². The lowest BCUT2D eigenvalue weighted by Crippen LogP contribution is -1.96. The average molecular weight is 246 g/mol. The Morgan fingerprint density at radius 2 is 2.00 bits per heavy atom. The van der Waals surface area contributed by atoms with Gasteiger partial charge in [0.1, 0.15) is 5.58 Å². The van der Waals surface area contributed by atoms with Crippen LogP contribution in [0.4, 0.5) is 0 Å². The van der Waals surface area contributed by atoms with Gasteiger partial charge in [0, 0.05) is 17.5 Å². The van der Waals surface area contributed by atoms with E-state index in [9.17, 15) is 4.79 Å². The second kappa shape index (κ2) is 4.96. The van der Waals surface area contributed by atoms with Crippen LogP contribution in [0.25, 0.3) is 11.0 Å². The predicted octanol–water partition coefficient (Wildman–Crippen LogP) is 3.10. The molecule has 0 radical (unpaired) electrons. The maximum absolute atomic E-state index is 11.2. The molecule has 1 aromatic carbocycles. The van der Waals surface area contributed by atoms with Crippen molar-refractivity contribution in [1.29, 1.82) is 0 Å². The standard InChI is InChI=1S/C14H14O4/c1-9(2)8-17-13-7-11-10(6-12(13)16-3)4-5-14(15)18-11/h4-8H,1-3H3. The number of ether oxygens (including phenoxy) is 2. The van der Waals surface area contributed by atoms with E-state index in [0.29, 0.717) is 17.1 Å². The third-order valence-electron chi connectivity index (χ3n) is 2.33. The summed E-state index contributed by atoms with van der Waals surface area (Å²) in [6.07, 6.45) is 1.62. The first-order chi connectivity index (χ1) is 8.60. The van der Waals surface area contributed by atoms with Crippen LogP contribution in [-0.4, -0.2) is 7.11 Å². The highest BCUT2D eigenvalue weighted by molar-refractivity contribution is 5.80. The van der Waals surface area contributed by atoms with E-state index in [4.69, 9.17) is 13.9 Å². The van der Waals surface area contributed by atoms with Gasteiger partial charge >= 0.3 is 5.63 Å². The van der Waals surface area contributed by atoms with Crippen LogP contribution in [0.2, 0.25) is 0 Å². The van der Waals surface area contributed by atoms with E-state index in [0.717, 1.165) is 11.0 Å². The molecule has 0 spiro atoms. The molecule has 4 heteroatoms. The number of hydrogen-bond donors (Lipinski definition) is 0. The predicted molar refractivity (Wildman–Crippen MR) is 69.1 cm³/mol. The van der Waals surface area contributed by atoms with E-state index in [1.54, 1.807) is 31.6 Å². The maximum atomic E-state index is 11.2. The highest BCUT2D eigenvalue weighted by atomic mass is 16.5. The van der Waals surface area contributed by atoms with Crippen molar-refractivity contribution < 1.29 is 13.9 Å². The smallest absolute Gasteiger partial charge is 0.336 e. The van der Waals surface area contributed by atoms with Gasteiger partial charge in [-0.05, 0) is 31.6 Å². The molecule has 0 saturated heterocycles. The molecule has 0 atom stereocenters. The molecule has 0 bridgehead atoms. The van der Waals surface area contributed by atoms with Crippen molar-refractivity contribution in [3.63, 3.8) is 0 Å². The summed E-state index contributed by atoms with van der Waals surface area (Å²) in [5.41, 5.74) is 1.10. The number of hydrogen-bond acceptors (Lipinski definition) is 4. The number of methoxy groups -OCH3 is 1. The quantitative estimate of drug-likeness (QED) is 0.616. The highest BCUT2D eigenvalue weighted by Gasteiger charge is 2.08. The Kier molecular flexibility index (Phi) is 3.37. The Morgan fingerprint density at radius 3 is 2.67 bits per heavy atom. The fraction of sp³-hybridized carbons (Fsp3) is 0.214. The van der Waals surface area contributed by atoms with Crippen molar-refractivity contribution in [1.82, 2.24) is 0 Å². The molecule has 0 unspecified atom stereocenters. The first-order valence-corrected chi connectivity index (χ1v) is 5.52. The highest BCUT2D eigenvalue weighted by Crippen LogP contribution is 2.32. The van der Waals surface area contributed by atoms with Crippen LogP contribution < -0.4 is 15.1 Å². The van der Waals surface area contributed by atoms with Crippen molar-refractivity contribution >= 4 is 11.0 Å². The third-order valence-corrected chi connectivity index (χ3v) is 2.33. The van der Waals surface area contributed by atoms with Crippen LogP contribution in [0.15, 0.2) is 45.3 Å². The lowest BCUT2D eigenvalue weighted by atomic mass is 10.2. The minimum absolute atomic E-state index is 0.388. The van der Waals surface area contributed by atoms with Crippen LogP contribution in [0.1, 0.15) is 13.8 Å². The van der Waals surface area contributed by atoms with Gasteiger partial charge in [-0.15, -0.1) is 0 Å². The molecule has 1 heterocycles. The summed E-state index contributed by atoms with van der Waals surface area (Å²) in [7, 11) is 1.57. The molecule has 18 heavy (non-hydrogen) atoms. The second-order valence-electron chi connectivity index (χ2n) is 4.11. The SMILES string of the molecule is COc1cc2ccc(=O)oc2cc1OC=C(C)C. The lowest BCUT2D eigenvalue weighted by Gasteiger charge is -2.08. The first-order valence-electron chi connectivity index (χ1n) is 5.52. The summed E-state index contributed by atoms with van der Waals surface area (Å²) in [5, 5.41) is 0.788. The normalized spacial score (nSPS) is 10.2. The van der Waals surface area contributed by atoms with Gasteiger partial charge in [-0.25, -0.2) is 4.79 Å². The Hall–Kier alpha value is -2.23. The van der Waals surface area contributed by atoms with Crippen LogP contribution in [-0.2, 0) is 0 Å². The van der Waals surface area contributed by atoms with E-state index in [2.05, 4.69) is 0 Å². The lowest BCUT2D eigenvalue weighted by molar-refractivity contribution is 0.377. The zero-order chi connectivity index (χ0) is 13.1. The largest absolute Gasteiger partial charge is 0.493 e. The molecule has 0 aliphatic carbocycles. The molecular formula is C14H14O4. The summed E-state index contributed by atoms with van der Waals surface area (Å²) in [4.78, 5) is 11.2. The van der Waals surface area contributed by atoms with Gasteiger partial charge in [0.05, 0.1) is 13.4 Å². The molecule has 0 aliphatic rings. The maximum Gasteiger partial charge on any atom is 0.336 e. The van der Waals surface area contributed by atoms with E-state index >= 15 is 0 Å². The van der Waals surface area contributed by atoms with Crippen LogP contribution in [0.5, 0.6) is 11.5 Å². The molecule has 94 valence electrons. The Balaban J connectivity index is 2.56. The number of rotatable bonds is 3. The van der Waals surface area contributed by atoms with Crippen molar-refractivity contribution in [2.24, 2.45) is 0 Å². The molecule has 0 N–H and O–H groups in total. The summed E-state index contributed by atoms with van der Waals surface area (Å²) in [6, 6.07) is 6.48. The van der Waals surface area contributed by atoms with Crippen molar-refractivity contribution in [3.05, 3.63) is 46.5 Å². The number of benzene rings is 1. The molecule has 2 rings (SSSR count). The van der Waals surface area contributed by atoms with Gasteiger partial charge in [-0.2, -0.15) is 0 Å². The topological polar surface area (TPSA) is 48.7 Å².